The lowest BCUT2D eigenvalue weighted by molar-refractivity contribution is 0.228. The topological polar surface area (TPSA) is 32.3 Å². The minimum absolute atomic E-state index is 0.313. The van der Waals surface area contributed by atoms with E-state index in [2.05, 4.69) is 32.2 Å². The standard InChI is InChI=1S/C11H23NO/c1-10(2)6-8-12-7-4-5-11(3)9-13/h6,11-13H,4-5,7-9H2,1-3H3. The maximum absolute atomic E-state index is 8.78. The zero-order valence-electron chi connectivity index (χ0n) is 9.14. The van der Waals surface area contributed by atoms with Gasteiger partial charge in [-0.3, -0.25) is 0 Å². The molecular weight excluding hydrogens is 162 g/mol. The van der Waals surface area contributed by atoms with Crippen LogP contribution in [0.5, 0.6) is 0 Å². The van der Waals surface area contributed by atoms with Crippen LogP contribution in [0.4, 0.5) is 0 Å². The van der Waals surface area contributed by atoms with E-state index in [1.165, 1.54) is 5.57 Å². The van der Waals surface area contributed by atoms with Crippen molar-refractivity contribution in [2.24, 2.45) is 5.92 Å². The summed E-state index contributed by atoms with van der Waals surface area (Å²) in [5.41, 5.74) is 1.36. The Balaban J connectivity index is 3.13. The Labute approximate surface area is 82.0 Å². The van der Waals surface area contributed by atoms with Crippen LogP contribution in [0.2, 0.25) is 0 Å². The van der Waals surface area contributed by atoms with Crippen molar-refractivity contribution < 1.29 is 5.11 Å². The van der Waals surface area contributed by atoms with Gasteiger partial charge < -0.3 is 10.4 Å². The van der Waals surface area contributed by atoms with E-state index in [0.717, 1.165) is 25.9 Å². The van der Waals surface area contributed by atoms with Gasteiger partial charge in [-0.15, -0.1) is 0 Å². The fourth-order valence-electron chi connectivity index (χ4n) is 1.05. The number of rotatable bonds is 7. The first kappa shape index (κ1) is 12.7. The lowest BCUT2D eigenvalue weighted by Gasteiger charge is -2.07. The minimum Gasteiger partial charge on any atom is -0.396 e. The number of hydrogen-bond donors (Lipinski definition) is 2. The fraction of sp³-hybridized carbons (Fsp3) is 0.818. The first-order chi connectivity index (χ1) is 6.16. The van der Waals surface area contributed by atoms with E-state index in [1.807, 2.05) is 0 Å². The van der Waals surface area contributed by atoms with Crippen LogP contribution in [-0.2, 0) is 0 Å². The SMILES string of the molecule is CC(C)=CCNCCCC(C)CO. The maximum atomic E-state index is 8.78. The van der Waals surface area contributed by atoms with Gasteiger partial charge >= 0.3 is 0 Å². The molecule has 0 aromatic rings. The molecule has 0 aliphatic heterocycles. The average molecular weight is 185 g/mol. The molecule has 0 heterocycles. The second kappa shape index (κ2) is 8.27. The highest BCUT2D eigenvalue weighted by Gasteiger charge is 1.97. The summed E-state index contributed by atoms with van der Waals surface area (Å²) >= 11 is 0. The number of nitrogens with one attached hydrogen (secondary N) is 1. The molecule has 1 unspecified atom stereocenters. The number of hydrogen-bond acceptors (Lipinski definition) is 2. The van der Waals surface area contributed by atoms with E-state index in [-0.39, 0.29) is 0 Å². The van der Waals surface area contributed by atoms with Crippen molar-refractivity contribution in [1.29, 1.82) is 0 Å². The molecule has 0 amide bonds. The number of allylic oxidation sites excluding steroid dienone is 1. The monoisotopic (exact) mass is 185 g/mol. The van der Waals surface area contributed by atoms with Gasteiger partial charge in [-0.05, 0) is 39.2 Å². The Morgan fingerprint density at radius 1 is 1.46 bits per heavy atom. The van der Waals surface area contributed by atoms with Crippen LogP contribution in [0, 0.1) is 5.92 Å². The van der Waals surface area contributed by atoms with Crippen molar-refractivity contribution in [2.75, 3.05) is 19.7 Å². The van der Waals surface area contributed by atoms with Crippen molar-refractivity contribution in [2.45, 2.75) is 33.6 Å². The molecule has 2 nitrogen and oxygen atoms in total. The molecule has 0 fully saturated rings. The van der Waals surface area contributed by atoms with Gasteiger partial charge in [0.15, 0.2) is 0 Å². The van der Waals surface area contributed by atoms with Gasteiger partial charge in [0.25, 0.3) is 0 Å². The fourth-order valence-corrected chi connectivity index (χ4v) is 1.05. The van der Waals surface area contributed by atoms with E-state index >= 15 is 0 Å². The molecule has 0 bridgehead atoms. The highest BCUT2D eigenvalue weighted by atomic mass is 16.3. The zero-order chi connectivity index (χ0) is 10.1. The Morgan fingerprint density at radius 2 is 2.15 bits per heavy atom. The Kier molecular flexibility index (Phi) is 8.05. The molecule has 0 spiro atoms. The van der Waals surface area contributed by atoms with E-state index < -0.39 is 0 Å². The predicted octanol–water partition coefficient (Wildman–Crippen LogP) is 1.95. The highest BCUT2D eigenvalue weighted by Crippen LogP contribution is 2.02. The highest BCUT2D eigenvalue weighted by molar-refractivity contribution is 4.94. The molecular formula is C11H23NO. The molecule has 2 heteroatoms. The van der Waals surface area contributed by atoms with Gasteiger partial charge in [-0.1, -0.05) is 18.6 Å². The third-order valence-electron chi connectivity index (χ3n) is 2.02. The van der Waals surface area contributed by atoms with Gasteiger partial charge in [0.2, 0.25) is 0 Å². The minimum atomic E-state index is 0.313. The van der Waals surface area contributed by atoms with E-state index in [4.69, 9.17) is 5.11 Å². The van der Waals surface area contributed by atoms with Crippen molar-refractivity contribution in [3.8, 4) is 0 Å². The number of aliphatic hydroxyl groups excluding tert-OH is 1. The van der Waals surface area contributed by atoms with Crippen molar-refractivity contribution in [1.82, 2.24) is 5.32 Å². The quantitative estimate of drug-likeness (QED) is 0.469. The molecule has 78 valence electrons. The van der Waals surface area contributed by atoms with Crippen LogP contribution in [0.15, 0.2) is 11.6 Å². The third kappa shape index (κ3) is 9.57. The van der Waals surface area contributed by atoms with E-state index in [0.29, 0.717) is 12.5 Å². The summed E-state index contributed by atoms with van der Waals surface area (Å²) < 4.78 is 0. The van der Waals surface area contributed by atoms with Crippen LogP contribution in [0.3, 0.4) is 0 Å². The summed E-state index contributed by atoms with van der Waals surface area (Å²) in [6.07, 6.45) is 4.45. The van der Waals surface area contributed by atoms with Crippen molar-refractivity contribution in [3.63, 3.8) is 0 Å². The maximum Gasteiger partial charge on any atom is 0.0456 e. The molecule has 0 radical (unpaired) electrons. The summed E-state index contributed by atoms with van der Waals surface area (Å²) in [5, 5.41) is 12.1. The summed E-state index contributed by atoms with van der Waals surface area (Å²) in [7, 11) is 0. The Hall–Kier alpha value is -0.340. The molecule has 0 saturated heterocycles. The molecule has 0 saturated carbocycles. The number of aliphatic hydroxyl groups is 1. The molecule has 13 heavy (non-hydrogen) atoms. The Morgan fingerprint density at radius 3 is 2.69 bits per heavy atom. The zero-order valence-corrected chi connectivity index (χ0v) is 9.14. The summed E-state index contributed by atoms with van der Waals surface area (Å²) in [4.78, 5) is 0. The van der Waals surface area contributed by atoms with Gasteiger partial charge in [0.1, 0.15) is 0 Å². The average Bonchev–Trinajstić information content (AvgIpc) is 2.10. The first-order valence-corrected chi connectivity index (χ1v) is 5.11. The summed E-state index contributed by atoms with van der Waals surface area (Å²) in [5.74, 6) is 0.449. The van der Waals surface area contributed by atoms with Gasteiger partial charge in [0, 0.05) is 13.2 Å². The largest absolute Gasteiger partial charge is 0.396 e. The summed E-state index contributed by atoms with van der Waals surface area (Å²) in [6, 6.07) is 0. The van der Waals surface area contributed by atoms with Crippen LogP contribution in [0.25, 0.3) is 0 Å². The van der Waals surface area contributed by atoms with Crippen LogP contribution in [0.1, 0.15) is 33.6 Å². The molecule has 0 aromatic carbocycles. The van der Waals surface area contributed by atoms with E-state index in [1.54, 1.807) is 0 Å². The van der Waals surface area contributed by atoms with Gasteiger partial charge in [-0.25, -0.2) is 0 Å². The van der Waals surface area contributed by atoms with Crippen LogP contribution >= 0.6 is 0 Å². The van der Waals surface area contributed by atoms with Gasteiger partial charge in [0.05, 0.1) is 0 Å². The molecule has 1 atom stereocenters. The second-order valence-electron chi connectivity index (χ2n) is 3.92. The second-order valence-corrected chi connectivity index (χ2v) is 3.92. The first-order valence-electron chi connectivity index (χ1n) is 5.11. The lowest BCUT2D eigenvalue weighted by atomic mass is 10.1. The van der Waals surface area contributed by atoms with Crippen LogP contribution < -0.4 is 5.32 Å². The van der Waals surface area contributed by atoms with Crippen molar-refractivity contribution >= 4 is 0 Å². The van der Waals surface area contributed by atoms with Crippen LogP contribution in [-0.4, -0.2) is 24.8 Å². The van der Waals surface area contributed by atoms with E-state index in [9.17, 15) is 0 Å². The molecule has 0 aliphatic rings. The third-order valence-corrected chi connectivity index (χ3v) is 2.02. The molecule has 2 N–H and O–H groups in total. The van der Waals surface area contributed by atoms with Gasteiger partial charge in [-0.2, -0.15) is 0 Å². The lowest BCUT2D eigenvalue weighted by Crippen LogP contribution is -2.16. The summed E-state index contributed by atoms with van der Waals surface area (Å²) in [6.45, 7) is 8.62. The Bertz CT molecular complexity index is 139. The normalized spacial score (nSPS) is 12.6. The predicted molar refractivity (Wildman–Crippen MR) is 57.8 cm³/mol. The molecule has 0 aliphatic carbocycles. The smallest absolute Gasteiger partial charge is 0.0456 e. The van der Waals surface area contributed by atoms with Crippen molar-refractivity contribution in [3.05, 3.63) is 11.6 Å². The molecule has 0 aromatic heterocycles. The molecule has 0 rings (SSSR count).